The Morgan fingerprint density at radius 3 is 3.06 bits per heavy atom. The van der Waals surface area contributed by atoms with Crippen LogP contribution in [0.2, 0.25) is 0 Å². The maximum atomic E-state index is 12.1. The van der Waals surface area contributed by atoms with Crippen molar-refractivity contribution in [1.82, 2.24) is 15.1 Å². The Hall–Kier alpha value is -0.650. The van der Waals surface area contributed by atoms with Gasteiger partial charge in [-0.05, 0) is 19.9 Å². The van der Waals surface area contributed by atoms with Gasteiger partial charge >= 0.3 is 0 Å². The van der Waals surface area contributed by atoms with Crippen molar-refractivity contribution < 1.29 is 9.53 Å². The van der Waals surface area contributed by atoms with Crippen LogP contribution in [0.25, 0.3) is 0 Å². The van der Waals surface area contributed by atoms with Gasteiger partial charge in [-0.2, -0.15) is 0 Å². The second-order valence-corrected chi connectivity index (χ2v) is 5.13. The van der Waals surface area contributed by atoms with Crippen molar-refractivity contribution in [2.45, 2.75) is 25.0 Å². The van der Waals surface area contributed by atoms with Crippen LogP contribution in [-0.2, 0) is 9.53 Å². The van der Waals surface area contributed by atoms with Crippen LogP contribution in [0.15, 0.2) is 0 Å². The molecule has 2 aliphatic heterocycles. The van der Waals surface area contributed by atoms with Crippen molar-refractivity contribution in [2.75, 3.05) is 46.9 Å². The van der Waals surface area contributed by atoms with Crippen LogP contribution in [-0.4, -0.2) is 74.7 Å². The van der Waals surface area contributed by atoms with Gasteiger partial charge in [0.25, 0.3) is 5.91 Å². The predicted molar refractivity (Wildman–Crippen MR) is 65.9 cm³/mol. The van der Waals surface area contributed by atoms with Crippen molar-refractivity contribution in [3.63, 3.8) is 0 Å². The van der Waals surface area contributed by atoms with Gasteiger partial charge in [-0.25, -0.2) is 0 Å². The summed E-state index contributed by atoms with van der Waals surface area (Å²) in [6.07, 6.45) is 1.69. The first-order chi connectivity index (χ1) is 8.16. The monoisotopic (exact) mass is 241 g/mol. The Labute approximate surface area is 103 Å². The summed E-state index contributed by atoms with van der Waals surface area (Å²) in [5, 5.41) is 3.45. The zero-order chi connectivity index (χ0) is 12.3. The van der Waals surface area contributed by atoms with Gasteiger partial charge in [0.05, 0.1) is 0 Å². The number of carbonyl (C=O) groups excluding carboxylic acids is 1. The van der Waals surface area contributed by atoms with Crippen LogP contribution in [0.1, 0.15) is 12.8 Å². The number of amides is 1. The summed E-state index contributed by atoms with van der Waals surface area (Å²) in [5.74, 6) is 0.137. The molecule has 0 aromatic carbocycles. The van der Waals surface area contributed by atoms with Crippen LogP contribution in [0.5, 0.6) is 0 Å². The molecule has 0 spiro atoms. The first-order valence-electron chi connectivity index (χ1n) is 6.45. The maximum Gasteiger partial charge on any atom is 0.251 e. The topological polar surface area (TPSA) is 44.8 Å². The minimum Gasteiger partial charge on any atom is -0.368 e. The molecule has 2 fully saturated rings. The van der Waals surface area contributed by atoms with Gasteiger partial charge < -0.3 is 19.9 Å². The minimum atomic E-state index is -0.193. The van der Waals surface area contributed by atoms with Gasteiger partial charge in [0, 0.05) is 45.9 Å². The number of nitrogens with one attached hydrogen (secondary N) is 1. The van der Waals surface area contributed by atoms with E-state index >= 15 is 0 Å². The lowest BCUT2D eigenvalue weighted by molar-refractivity contribution is -0.140. The van der Waals surface area contributed by atoms with Gasteiger partial charge in [-0.3, -0.25) is 4.79 Å². The standard InChI is InChI=1S/C12H23N3O2/c1-14-6-5-13-10(8-14)9-15(2)12(16)11-4-3-7-17-11/h10-11,13H,3-9H2,1-2H3. The van der Waals surface area contributed by atoms with E-state index in [1.807, 2.05) is 11.9 Å². The number of hydrogen-bond acceptors (Lipinski definition) is 4. The number of carbonyl (C=O) groups is 1. The molecule has 0 bridgehead atoms. The smallest absolute Gasteiger partial charge is 0.251 e. The van der Waals surface area contributed by atoms with Crippen LogP contribution >= 0.6 is 0 Å². The third-order valence-corrected chi connectivity index (χ3v) is 3.53. The van der Waals surface area contributed by atoms with Gasteiger partial charge in [0.15, 0.2) is 0 Å². The van der Waals surface area contributed by atoms with Crippen LogP contribution in [0, 0.1) is 0 Å². The Morgan fingerprint density at radius 1 is 1.59 bits per heavy atom. The predicted octanol–water partition coefficient (Wildman–Crippen LogP) is -0.473. The lowest BCUT2D eigenvalue weighted by atomic mass is 10.2. The highest BCUT2D eigenvalue weighted by Crippen LogP contribution is 2.14. The third-order valence-electron chi connectivity index (χ3n) is 3.53. The number of rotatable bonds is 3. The van der Waals surface area contributed by atoms with Crippen LogP contribution < -0.4 is 5.32 Å². The molecule has 0 saturated carbocycles. The summed E-state index contributed by atoms with van der Waals surface area (Å²) in [7, 11) is 4.00. The fourth-order valence-electron chi connectivity index (χ4n) is 2.55. The number of ether oxygens (including phenoxy) is 1. The first-order valence-corrected chi connectivity index (χ1v) is 6.45. The summed E-state index contributed by atoms with van der Waals surface area (Å²) in [6, 6.07) is 0.379. The molecule has 0 aromatic heterocycles. The average molecular weight is 241 g/mol. The highest BCUT2D eigenvalue weighted by atomic mass is 16.5. The second-order valence-electron chi connectivity index (χ2n) is 5.13. The van der Waals surface area contributed by atoms with Gasteiger partial charge in [0.1, 0.15) is 6.10 Å². The van der Waals surface area contributed by atoms with Crippen molar-refractivity contribution in [1.29, 1.82) is 0 Å². The van der Waals surface area contributed by atoms with Crippen molar-refractivity contribution in [3.8, 4) is 0 Å². The van der Waals surface area contributed by atoms with E-state index in [-0.39, 0.29) is 12.0 Å². The Kier molecular flexibility index (Phi) is 4.36. The van der Waals surface area contributed by atoms with E-state index in [0.29, 0.717) is 6.04 Å². The molecule has 5 heteroatoms. The number of nitrogens with zero attached hydrogens (tertiary/aromatic N) is 2. The Balaban J connectivity index is 1.79. The zero-order valence-corrected chi connectivity index (χ0v) is 10.8. The SMILES string of the molecule is CN1CCNC(CN(C)C(=O)C2CCCO2)C1. The normalized spacial score (nSPS) is 30.5. The molecule has 5 nitrogen and oxygen atoms in total. The molecule has 1 N–H and O–H groups in total. The number of hydrogen-bond donors (Lipinski definition) is 1. The summed E-state index contributed by atoms with van der Waals surface area (Å²) < 4.78 is 5.42. The van der Waals surface area contributed by atoms with E-state index in [9.17, 15) is 4.79 Å². The van der Waals surface area contributed by atoms with Gasteiger partial charge in [0.2, 0.25) is 0 Å². The third kappa shape index (κ3) is 3.40. The maximum absolute atomic E-state index is 12.1. The molecule has 17 heavy (non-hydrogen) atoms. The Bertz CT molecular complexity index is 266. The summed E-state index contributed by atoms with van der Waals surface area (Å²) in [5.41, 5.74) is 0. The fourth-order valence-corrected chi connectivity index (χ4v) is 2.55. The second kappa shape index (κ2) is 5.80. The van der Waals surface area contributed by atoms with Crippen molar-refractivity contribution in [3.05, 3.63) is 0 Å². The number of likely N-dealkylation sites (N-methyl/N-ethyl adjacent to an activating group) is 2. The molecule has 2 saturated heterocycles. The quantitative estimate of drug-likeness (QED) is 0.725. The lowest BCUT2D eigenvalue weighted by Gasteiger charge is -2.33. The molecule has 0 aliphatic carbocycles. The van der Waals surface area contributed by atoms with E-state index in [1.165, 1.54) is 0 Å². The van der Waals surface area contributed by atoms with E-state index < -0.39 is 0 Å². The molecule has 2 rings (SSSR count). The molecular formula is C12H23N3O2. The molecule has 2 unspecified atom stereocenters. The molecule has 2 atom stereocenters. The summed E-state index contributed by atoms with van der Waals surface area (Å²) in [6.45, 7) is 4.59. The molecule has 0 radical (unpaired) electrons. The van der Waals surface area contributed by atoms with E-state index in [2.05, 4.69) is 17.3 Å². The average Bonchev–Trinajstić information content (AvgIpc) is 2.81. The number of piperazine rings is 1. The first kappa shape index (κ1) is 12.8. The van der Waals surface area contributed by atoms with Crippen LogP contribution in [0.4, 0.5) is 0 Å². The molecule has 98 valence electrons. The zero-order valence-electron chi connectivity index (χ0n) is 10.8. The lowest BCUT2D eigenvalue weighted by Crippen LogP contribution is -2.54. The van der Waals surface area contributed by atoms with E-state index in [0.717, 1.165) is 45.6 Å². The van der Waals surface area contributed by atoms with Gasteiger partial charge in [-0.15, -0.1) is 0 Å². The van der Waals surface area contributed by atoms with E-state index in [1.54, 1.807) is 0 Å². The Morgan fingerprint density at radius 2 is 2.41 bits per heavy atom. The van der Waals surface area contributed by atoms with E-state index in [4.69, 9.17) is 4.74 Å². The fraction of sp³-hybridized carbons (Fsp3) is 0.917. The molecule has 0 aromatic rings. The molecule has 1 amide bonds. The minimum absolute atomic E-state index is 0.137. The largest absolute Gasteiger partial charge is 0.368 e. The van der Waals surface area contributed by atoms with Gasteiger partial charge in [-0.1, -0.05) is 0 Å². The van der Waals surface area contributed by atoms with Crippen LogP contribution in [0.3, 0.4) is 0 Å². The highest BCUT2D eigenvalue weighted by molar-refractivity contribution is 5.80. The van der Waals surface area contributed by atoms with Crippen molar-refractivity contribution in [2.24, 2.45) is 0 Å². The highest BCUT2D eigenvalue weighted by Gasteiger charge is 2.28. The molecule has 2 aliphatic rings. The molecular weight excluding hydrogens is 218 g/mol. The summed E-state index contributed by atoms with van der Waals surface area (Å²) in [4.78, 5) is 16.2. The van der Waals surface area contributed by atoms with Crippen molar-refractivity contribution >= 4 is 5.91 Å². The molecule has 2 heterocycles. The summed E-state index contributed by atoms with van der Waals surface area (Å²) >= 11 is 0.